The molecule has 7 nitrogen and oxygen atoms in total. The van der Waals surface area contributed by atoms with Crippen molar-refractivity contribution in [2.75, 3.05) is 6.61 Å². The Morgan fingerprint density at radius 3 is 2.28 bits per heavy atom. The molecule has 2 aromatic carbocycles. The van der Waals surface area contributed by atoms with Crippen molar-refractivity contribution in [1.29, 1.82) is 0 Å². The molecule has 2 saturated carbocycles. The number of nitrogens with one attached hydrogen (secondary N) is 1. The predicted molar refractivity (Wildman–Crippen MR) is 147 cm³/mol. The fraction of sp³-hybridized carbons (Fsp3) is 0.312. The first-order valence-corrected chi connectivity index (χ1v) is 13.6. The van der Waals surface area contributed by atoms with Gasteiger partial charge in [0, 0.05) is 29.3 Å². The first-order valence-electron chi connectivity index (χ1n) is 13.6. The lowest BCUT2D eigenvalue weighted by Gasteiger charge is -2.14. The third-order valence-corrected chi connectivity index (χ3v) is 7.63. The molecule has 2 fully saturated rings. The number of carbonyl (C=O) groups is 2. The van der Waals surface area contributed by atoms with Crippen molar-refractivity contribution in [3.8, 4) is 22.5 Å². The zero-order chi connectivity index (χ0) is 27.0. The van der Waals surface area contributed by atoms with Gasteiger partial charge in [-0.3, -0.25) is 9.59 Å². The van der Waals surface area contributed by atoms with Crippen LogP contribution in [-0.2, 0) is 21.4 Å². The number of aryl methyl sites for hydroxylation is 1. The van der Waals surface area contributed by atoms with Crippen LogP contribution in [0.1, 0.15) is 65.6 Å². The van der Waals surface area contributed by atoms with Crippen LogP contribution < -0.4 is 5.32 Å². The molecule has 1 N–H and O–H groups in total. The number of amides is 1. The number of esters is 1. The van der Waals surface area contributed by atoms with Gasteiger partial charge in [-0.1, -0.05) is 59.8 Å². The number of rotatable bonds is 9. The Morgan fingerprint density at radius 2 is 1.64 bits per heavy atom. The maximum Gasteiger partial charge on any atom is 0.316 e. The molecule has 0 radical (unpaired) electrons. The average molecular weight is 522 g/mol. The third-order valence-electron chi connectivity index (χ3n) is 7.63. The van der Waals surface area contributed by atoms with Crippen LogP contribution in [0.2, 0.25) is 0 Å². The van der Waals surface area contributed by atoms with E-state index >= 15 is 0 Å². The SMILES string of the molecule is CCOC(=O)C1(c2ccc(-c3ccc(-c4onc(C)c4Cc4cccc(C(=O)NC5CC5)n4)cc3)cc2)CC1. The normalized spacial score (nSPS) is 15.5. The quantitative estimate of drug-likeness (QED) is 0.280. The standard InChI is InChI=1S/C32H31N3O4/c1-3-38-31(37)32(17-18-32)24-13-11-22(12-14-24)21-7-9-23(10-8-21)29-27(20(2)35-39-29)19-26-5-4-6-28(33-26)30(36)34-25-15-16-25/h4-14,25H,3,15-19H2,1-2H3,(H,34,36). The maximum absolute atomic E-state index is 12.5. The molecule has 1 amide bonds. The second kappa shape index (κ2) is 10.1. The minimum Gasteiger partial charge on any atom is -0.465 e. The maximum atomic E-state index is 12.5. The van der Waals surface area contributed by atoms with Gasteiger partial charge in [-0.2, -0.15) is 0 Å². The lowest BCUT2D eigenvalue weighted by molar-refractivity contribution is -0.146. The average Bonchev–Trinajstić information content (AvgIpc) is 3.89. The van der Waals surface area contributed by atoms with Crippen LogP contribution in [0.3, 0.4) is 0 Å². The van der Waals surface area contributed by atoms with Gasteiger partial charge in [-0.25, -0.2) is 4.98 Å². The van der Waals surface area contributed by atoms with Crippen molar-refractivity contribution >= 4 is 11.9 Å². The van der Waals surface area contributed by atoms with Gasteiger partial charge in [-0.05, 0) is 68.4 Å². The molecular weight excluding hydrogens is 490 g/mol. The first kappa shape index (κ1) is 25.0. The zero-order valence-corrected chi connectivity index (χ0v) is 22.2. The lowest BCUT2D eigenvalue weighted by atomic mass is 9.93. The monoisotopic (exact) mass is 521 g/mol. The summed E-state index contributed by atoms with van der Waals surface area (Å²) in [5.74, 6) is 0.455. The van der Waals surface area contributed by atoms with Crippen molar-refractivity contribution in [1.82, 2.24) is 15.5 Å². The number of pyridine rings is 1. The summed E-state index contributed by atoms with van der Waals surface area (Å²) in [5.41, 5.74) is 6.60. The van der Waals surface area contributed by atoms with Crippen LogP contribution in [0.15, 0.2) is 71.3 Å². The minimum atomic E-state index is -0.464. The van der Waals surface area contributed by atoms with E-state index < -0.39 is 5.41 Å². The van der Waals surface area contributed by atoms with Crippen LogP contribution in [-0.4, -0.2) is 34.7 Å². The molecule has 39 heavy (non-hydrogen) atoms. The highest BCUT2D eigenvalue weighted by Gasteiger charge is 2.52. The van der Waals surface area contributed by atoms with E-state index in [0.717, 1.165) is 64.9 Å². The Labute approximate surface area is 227 Å². The molecule has 4 aromatic rings. The highest BCUT2D eigenvalue weighted by Crippen LogP contribution is 2.49. The summed E-state index contributed by atoms with van der Waals surface area (Å²) >= 11 is 0. The number of benzene rings is 2. The summed E-state index contributed by atoms with van der Waals surface area (Å²) in [7, 11) is 0. The van der Waals surface area contributed by atoms with E-state index in [2.05, 4.69) is 39.7 Å². The van der Waals surface area contributed by atoms with Gasteiger partial charge in [0.1, 0.15) is 5.69 Å². The van der Waals surface area contributed by atoms with Crippen LogP contribution in [0, 0.1) is 6.92 Å². The topological polar surface area (TPSA) is 94.3 Å². The summed E-state index contributed by atoms with van der Waals surface area (Å²) in [4.78, 5) is 29.5. The second-order valence-electron chi connectivity index (χ2n) is 10.5. The van der Waals surface area contributed by atoms with Crippen molar-refractivity contribution in [3.05, 3.63) is 94.9 Å². The molecule has 2 aromatic heterocycles. The van der Waals surface area contributed by atoms with Crippen molar-refractivity contribution in [2.24, 2.45) is 0 Å². The Bertz CT molecular complexity index is 1510. The Morgan fingerprint density at radius 1 is 0.974 bits per heavy atom. The Kier molecular flexibility index (Phi) is 6.51. The van der Waals surface area contributed by atoms with Crippen molar-refractivity contribution in [3.63, 3.8) is 0 Å². The molecule has 198 valence electrons. The minimum absolute atomic E-state index is 0.122. The highest BCUT2D eigenvalue weighted by molar-refractivity contribution is 5.92. The van der Waals surface area contributed by atoms with Gasteiger partial charge in [0.2, 0.25) is 0 Å². The van der Waals surface area contributed by atoms with E-state index in [1.165, 1.54) is 0 Å². The van der Waals surface area contributed by atoms with E-state index in [1.807, 2.05) is 50.2 Å². The zero-order valence-electron chi connectivity index (χ0n) is 22.2. The van der Waals surface area contributed by atoms with E-state index in [0.29, 0.717) is 24.5 Å². The molecule has 0 spiro atoms. The van der Waals surface area contributed by atoms with Crippen molar-refractivity contribution < 1.29 is 18.8 Å². The summed E-state index contributed by atoms with van der Waals surface area (Å²) < 4.78 is 11.0. The lowest BCUT2D eigenvalue weighted by Crippen LogP contribution is -2.26. The molecule has 6 rings (SSSR count). The van der Waals surface area contributed by atoms with Crippen LogP contribution in [0.4, 0.5) is 0 Å². The van der Waals surface area contributed by atoms with Gasteiger partial charge in [0.25, 0.3) is 5.91 Å². The molecular formula is C32H31N3O4. The highest BCUT2D eigenvalue weighted by atomic mass is 16.5. The smallest absolute Gasteiger partial charge is 0.316 e. The van der Waals surface area contributed by atoms with Crippen LogP contribution >= 0.6 is 0 Å². The summed E-state index contributed by atoms with van der Waals surface area (Å²) in [6, 6.07) is 22.2. The number of nitrogens with zero attached hydrogens (tertiary/aromatic N) is 2. The number of carbonyl (C=O) groups excluding carboxylic acids is 2. The fourth-order valence-corrected chi connectivity index (χ4v) is 5.00. The van der Waals surface area contributed by atoms with E-state index in [9.17, 15) is 9.59 Å². The van der Waals surface area contributed by atoms with Gasteiger partial charge < -0.3 is 14.6 Å². The molecule has 0 aliphatic heterocycles. The van der Waals surface area contributed by atoms with Crippen LogP contribution in [0.5, 0.6) is 0 Å². The molecule has 0 saturated heterocycles. The molecule has 2 aliphatic rings. The fourth-order valence-electron chi connectivity index (χ4n) is 5.00. The van der Waals surface area contributed by atoms with Gasteiger partial charge >= 0.3 is 5.97 Å². The first-order chi connectivity index (χ1) is 19.0. The molecule has 0 atom stereocenters. The molecule has 0 bridgehead atoms. The molecule has 7 heteroatoms. The largest absolute Gasteiger partial charge is 0.465 e. The number of ether oxygens (including phenoxy) is 1. The van der Waals surface area contributed by atoms with E-state index in [1.54, 1.807) is 6.07 Å². The Balaban J connectivity index is 1.19. The Hall–Kier alpha value is -4.26. The summed E-state index contributed by atoms with van der Waals surface area (Å²) in [5, 5.41) is 7.22. The number of hydrogen-bond donors (Lipinski definition) is 1. The second-order valence-corrected chi connectivity index (χ2v) is 10.5. The summed E-state index contributed by atoms with van der Waals surface area (Å²) in [6.45, 7) is 4.16. The van der Waals surface area contributed by atoms with E-state index in [-0.39, 0.29) is 17.9 Å². The van der Waals surface area contributed by atoms with Gasteiger partial charge in [0.15, 0.2) is 5.76 Å². The summed E-state index contributed by atoms with van der Waals surface area (Å²) in [6.07, 6.45) is 4.27. The third kappa shape index (κ3) is 5.09. The molecule has 0 unspecified atom stereocenters. The van der Waals surface area contributed by atoms with Gasteiger partial charge in [-0.15, -0.1) is 0 Å². The molecule has 2 heterocycles. The number of hydrogen-bond acceptors (Lipinski definition) is 6. The molecule has 2 aliphatic carbocycles. The predicted octanol–water partition coefficient (Wildman–Crippen LogP) is 5.79. The number of aromatic nitrogens is 2. The van der Waals surface area contributed by atoms with Crippen LogP contribution in [0.25, 0.3) is 22.5 Å². The van der Waals surface area contributed by atoms with Gasteiger partial charge in [0.05, 0.1) is 17.7 Å². The van der Waals surface area contributed by atoms with E-state index in [4.69, 9.17) is 9.26 Å². The van der Waals surface area contributed by atoms with Crippen molar-refractivity contribution in [2.45, 2.75) is 57.4 Å².